The molecule has 0 unspecified atom stereocenters. The second kappa shape index (κ2) is 7.03. The standard InChI is InChI=1S/C15H23N5/c1-4-7-13-9-14(16-6-3)19-15(18-13)12-10-17-20(11-12)8-5-2/h9-11H,4-8H2,1-3H3,(H,16,18,19). The van der Waals surface area contributed by atoms with Crippen molar-refractivity contribution in [3.8, 4) is 11.4 Å². The smallest absolute Gasteiger partial charge is 0.164 e. The van der Waals surface area contributed by atoms with Gasteiger partial charge in [0.1, 0.15) is 5.82 Å². The van der Waals surface area contributed by atoms with E-state index >= 15 is 0 Å². The van der Waals surface area contributed by atoms with E-state index in [4.69, 9.17) is 0 Å². The van der Waals surface area contributed by atoms with Gasteiger partial charge >= 0.3 is 0 Å². The summed E-state index contributed by atoms with van der Waals surface area (Å²) in [7, 11) is 0. The maximum absolute atomic E-state index is 4.64. The SMILES string of the molecule is CCCc1cc(NCC)nc(-c2cnn(CCC)c2)n1. The molecule has 20 heavy (non-hydrogen) atoms. The molecule has 2 heterocycles. The van der Waals surface area contributed by atoms with Gasteiger partial charge in [-0.3, -0.25) is 4.68 Å². The number of rotatable bonds is 7. The van der Waals surface area contributed by atoms with E-state index in [-0.39, 0.29) is 0 Å². The first kappa shape index (κ1) is 14.5. The highest BCUT2D eigenvalue weighted by molar-refractivity contribution is 5.55. The summed E-state index contributed by atoms with van der Waals surface area (Å²) >= 11 is 0. The van der Waals surface area contributed by atoms with E-state index < -0.39 is 0 Å². The van der Waals surface area contributed by atoms with Gasteiger partial charge in [-0.1, -0.05) is 20.3 Å². The molecule has 0 spiro atoms. The lowest BCUT2D eigenvalue weighted by atomic mass is 10.2. The van der Waals surface area contributed by atoms with Crippen molar-refractivity contribution in [3.05, 3.63) is 24.2 Å². The van der Waals surface area contributed by atoms with Crippen LogP contribution in [0.4, 0.5) is 5.82 Å². The van der Waals surface area contributed by atoms with E-state index in [0.29, 0.717) is 0 Å². The molecular formula is C15H23N5. The summed E-state index contributed by atoms with van der Waals surface area (Å²) in [5.41, 5.74) is 2.06. The maximum atomic E-state index is 4.64. The van der Waals surface area contributed by atoms with E-state index in [1.54, 1.807) is 0 Å². The van der Waals surface area contributed by atoms with Crippen LogP contribution in [0.2, 0.25) is 0 Å². The molecule has 5 heteroatoms. The van der Waals surface area contributed by atoms with Gasteiger partial charge in [0.15, 0.2) is 5.82 Å². The molecule has 0 fully saturated rings. The van der Waals surface area contributed by atoms with E-state index in [1.807, 2.05) is 23.1 Å². The van der Waals surface area contributed by atoms with Crippen molar-refractivity contribution < 1.29 is 0 Å². The topological polar surface area (TPSA) is 55.6 Å². The Bertz CT molecular complexity index is 523. The van der Waals surface area contributed by atoms with Crippen LogP contribution in [-0.2, 0) is 13.0 Å². The molecule has 0 aromatic carbocycles. The van der Waals surface area contributed by atoms with Crippen LogP contribution in [0, 0.1) is 0 Å². The Hall–Kier alpha value is -1.91. The third-order valence-electron chi connectivity index (χ3n) is 2.99. The predicted octanol–water partition coefficient (Wildman–Crippen LogP) is 3.13. The first-order valence-electron chi connectivity index (χ1n) is 7.41. The number of nitrogens with one attached hydrogen (secondary N) is 1. The zero-order chi connectivity index (χ0) is 14.4. The minimum absolute atomic E-state index is 0.759. The van der Waals surface area contributed by atoms with E-state index in [2.05, 4.69) is 41.2 Å². The minimum atomic E-state index is 0.759. The Morgan fingerprint density at radius 1 is 1.15 bits per heavy atom. The Morgan fingerprint density at radius 2 is 2.00 bits per heavy atom. The highest BCUT2D eigenvalue weighted by Gasteiger charge is 2.08. The van der Waals surface area contributed by atoms with E-state index in [1.165, 1.54) is 0 Å². The number of aromatic nitrogens is 4. The zero-order valence-corrected chi connectivity index (χ0v) is 12.6. The molecule has 0 amide bonds. The minimum Gasteiger partial charge on any atom is -0.370 e. The second-order valence-corrected chi connectivity index (χ2v) is 4.84. The van der Waals surface area contributed by atoms with Gasteiger partial charge in [0, 0.05) is 31.0 Å². The molecule has 0 radical (unpaired) electrons. The fourth-order valence-electron chi connectivity index (χ4n) is 2.11. The highest BCUT2D eigenvalue weighted by Crippen LogP contribution is 2.18. The van der Waals surface area contributed by atoms with Crippen LogP contribution in [0.1, 0.15) is 39.3 Å². The van der Waals surface area contributed by atoms with Crippen molar-refractivity contribution in [1.29, 1.82) is 0 Å². The lowest BCUT2D eigenvalue weighted by Crippen LogP contribution is -2.04. The molecule has 0 saturated carbocycles. The quantitative estimate of drug-likeness (QED) is 0.842. The highest BCUT2D eigenvalue weighted by atomic mass is 15.3. The average molecular weight is 273 g/mol. The van der Waals surface area contributed by atoms with E-state index in [0.717, 1.165) is 55.3 Å². The molecule has 0 saturated heterocycles. The average Bonchev–Trinajstić information content (AvgIpc) is 2.88. The molecule has 0 aliphatic heterocycles. The predicted molar refractivity (Wildman–Crippen MR) is 81.7 cm³/mol. The van der Waals surface area contributed by atoms with Crippen LogP contribution >= 0.6 is 0 Å². The molecular weight excluding hydrogens is 250 g/mol. The van der Waals surface area contributed by atoms with Gasteiger partial charge in [0.05, 0.1) is 11.8 Å². The van der Waals surface area contributed by atoms with Crippen molar-refractivity contribution >= 4 is 5.82 Å². The molecule has 2 aromatic rings. The fourth-order valence-corrected chi connectivity index (χ4v) is 2.11. The van der Waals surface area contributed by atoms with Gasteiger partial charge in [-0.15, -0.1) is 0 Å². The van der Waals surface area contributed by atoms with Crippen LogP contribution in [0.3, 0.4) is 0 Å². The lowest BCUT2D eigenvalue weighted by Gasteiger charge is -2.07. The summed E-state index contributed by atoms with van der Waals surface area (Å²) in [5, 5.41) is 7.62. The summed E-state index contributed by atoms with van der Waals surface area (Å²) in [6.07, 6.45) is 6.98. The second-order valence-electron chi connectivity index (χ2n) is 4.84. The Balaban J connectivity index is 2.32. The Morgan fingerprint density at radius 3 is 2.70 bits per heavy atom. The molecule has 2 rings (SSSR count). The van der Waals surface area contributed by atoms with E-state index in [9.17, 15) is 0 Å². The molecule has 0 bridgehead atoms. The summed E-state index contributed by atoms with van der Waals surface area (Å²) in [4.78, 5) is 9.22. The van der Waals surface area contributed by atoms with Crippen LogP contribution in [0.15, 0.2) is 18.5 Å². The number of hydrogen-bond acceptors (Lipinski definition) is 4. The Labute approximate surface area is 120 Å². The molecule has 0 atom stereocenters. The van der Waals surface area contributed by atoms with Crippen LogP contribution in [0.5, 0.6) is 0 Å². The van der Waals surface area contributed by atoms with Gasteiger partial charge in [-0.25, -0.2) is 9.97 Å². The number of nitrogens with zero attached hydrogens (tertiary/aromatic N) is 4. The lowest BCUT2D eigenvalue weighted by molar-refractivity contribution is 0.603. The van der Waals surface area contributed by atoms with Gasteiger partial charge in [-0.05, 0) is 19.8 Å². The van der Waals surface area contributed by atoms with Crippen molar-refractivity contribution in [3.63, 3.8) is 0 Å². The summed E-state index contributed by atoms with van der Waals surface area (Å²) in [5.74, 6) is 1.65. The molecule has 0 aliphatic carbocycles. The van der Waals surface area contributed by atoms with Gasteiger partial charge in [0.2, 0.25) is 0 Å². The molecule has 108 valence electrons. The molecule has 1 N–H and O–H groups in total. The van der Waals surface area contributed by atoms with Crippen LogP contribution in [0.25, 0.3) is 11.4 Å². The van der Waals surface area contributed by atoms with Crippen LogP contribution < -0.4 is 5.32 Å². The first-order chi connectivity index (χ1) is 9.76. The zero-order valence-electron chi connectivity index (χ0n) is 12.6. The van der Waals surface area contributed by atoms with Gasteiger partial charge in [-0.2, -0.15) is 5.10 Å². The normalized spacial score (nSPS) is 10.8. The molecule has 5 nitrogen and oxygen atoms in total. The number of anilines is 1. The molecule has 2 aromatic heterocycles. The summed E-state index contributed by atoms with van der Waals surface area (Å²) in [6, 6.07) is 2.03. The monoisotopic (exact) mass is 273 g/mol. The first-order valence-corrected chi connectivity index (χ1v) is 7.41. The number of aryl methyl sites for hydroxylation is 2. The summed E-state index contributed by atoms with van der Waals surface area (Å²) < 4.78 is 1.94. The molecule has 0 aliphatic rings. The van der Waals surface area contributed by atoms with Crippen molar-refractivity contribution in [1.82, 2.24) is 19.7 Å². The number of hydrogen-bond donors (Lipinski definition) is 1. The fraction of sp³-hybridized carbons (Fsp3) is 0.533. The van der Waals surface area contributed by atoms with Crippen LogP contribution in [-0.4, -0.2) is 26.3 Å². The van der Waals surface area contributed by atoms with Crippen molar-refractivity contribution in [2.45, 2.75) is 46.6 Å². The summed E-state index contributed by atoms with van der Waals surface area (Å²) in [6.45, 7) is 8.16. The Kier molecular flexibility index (Phi) is 5.09. The maximum Gasteiger partial charge on any atom is 0.164 e. The largest absolute Gasteiger partial charge is 0.370 e. The van der Waals surface area contributed by atoms with Gasteiger partial charge < -0.3 is 5.32 Å². The third-order valence-corrected chi connectivity index (χ3v) is 2.99. The third kappa shape index (κ3) is 3.56. The van der Waals surface area contributed by atoms with Gasteiger partial charge in [0.25, 0.3) is 0 Å². The van der Waals surface area contributed by atoms with Crippen molar-refractivity contribution in [2.75, 3.05) is 11.9 Å². The van der Waals surface area contributed by atoms with Crippen molar-refractivity contribution in [2.24, 2.45) is 0 Å².